The molecule has 7 aromatic rings. The number of allylic oxidation sites excluding steroid dienone is 6. The molecule has 2 heteroatoms. The van der Waals surface area contributed by atoms with E-state index in [0.717, 1.165) is 51.7 Å². The maximum absolute atomic E-state index is 6.39. The fourth-order valence-corrected chi connectivity index (χ4v) is 6.93. The lowest BCUT2D eigenvalue weighted by molar-refractivity contribution is 0.507. The Morgan fingerprint density at radius 2 is 1.42 bits per heavy atom. The van der Waals surface area contributed by atoms with E-state index in [1.54, 1.807) is 0 Å². The lowest BCUT2D eigenvalue weighted by atomic mass is 9.82. The molecule has 2 aromatic heterocycles. The maximum atomic E-state index is 6.39. The van der Waals surface area contributed by atoms with Crippen LogP contribution in [-0.4, -0.2) is 0 Å². The molecule has 0 spiro atoms. The first-order valence-corrected chi connectivity index (χ1v) is 14.9. The van der Waals surface area contributed by atoms with Gasteiger partial charge in [-0.3, -0.25) is 0 Å². The minimum Gasteiger partial charge on any atom is -0.468 e. The molecule has 0 bridgehead atoms. The summed E-state index contributed by atoms with van der Waals surface area (Å²) in [5.41, 5.74) is 10.1. The molecule has 0 radical (unpaired) electrons. The lowest BCUT2D eigenvalue weighted by Crippen LogP contribution is -2.00. The zero-order chi connectivity index (χ0) is 28.9. The summed E-state index contributed by atoms with van der Waals surface area (Å²) < 4.78 is 12.5. The third kappa shape index (κ3) is 3.94. The predicted octanol–water partition coefficient (Wildman–Crippen LogP) is 11.7. The van der Waals surface area contributed by atoms with E-state index >= 15 is 0 Å². The van der Waals surface area contributed by atoms with Gasteiger partial charge in [-0.25, -0.2) is 0 Å². The summed E-state index contributed by atoms with van der Waals surface area (Å²) in [6, 6.07) is 32.3. The van der Waals surface area contributed by atoms with Crippen molar-refractivity contribution >= 4 is 54.6 Å². The molecule has 0 fully saturated rings. The van der Waals surface area contributed by atoms with Crippen molar-refractivity contribution in [3.8, 4) is 11.1 Å². The molecule has 8 rings (SSSR count). The second kappa shape index (κ2) is 10.2. The molecular formula is C41H30O2. The summed E-state index contributed by atoms with van der Waals surface area (Å²) in [6.45, 7) is 6.07. The topological polar surface area (TPSA) is 26.3 Å². The Hall–Kier alpha value is -5.34. The Balaban J connectivity index is 1.41. The largest absolute Gasteiger partial charge is 0.468 e. The number of hydrogen-bond acceptors (Lipinski definition) is 2. The van der Waals surface area contributed by atoms with Crippen LogP contribution in [0.3, 0.4) is 0 Å². The van der Waals surface area contributed by atoms with Crippen LogP contribution in [0, 0.1) is 0 Å². The number of rotatable bonds is 5. The van der Waals surface area contributed by atoms with Gasteiger partial charge in [0.15, 0.2) is 0 Å². The van der Waals surface area contributed by atoms with Crippen LogP contribution >= 0.6 is 0 Å². The third-order valence-corrected chi connectivity index (χ3v) is 8.68. The van der Waals surface area contributed by atoms with Crippen molar-refractivity contribution in [3.63, 3.8) is 0 Å². The van der Waals surface area contributed by atoms with Crippen LogP contribution in [0.5, 0.6) is 0 Å². The van der Waals surface area contributed by atoms with Crippen molar-refractivity contribution in [3.05, 3.63) is 157 Å². The third-order valence-electron chi connectivity index (χ3n) is 8.68. The van der Waals surface area contributed by atoms with Crippen LogP contribution in [0.4, 0.5) is 0 Å². The van der Waals surface area contributed by atoms with E-state index in [1.807, 2.05) is 24.5 Å². The summed E-state index contributed by atoms with van der Waals surface area (Å²) in [5, 5.41) is 7.12. The van der Waals surface area contributed by atoms with Gasteiger partial charge in [0, 0.05) is 33.9 Å². The highest BCUT2D eigenvalue weighted by Crippen LogP contribution is 2.47. The van der Waals surface area contributed by atoms with Gasteiger partial charge in [-0.05, 0) is 75.4 Å². The molecule has 0 saturated heterocycles. The molecule has 1 aliphatic carbocycles. The fraction of sp³-hybridized carbons (Fsp3) is 0.0732. The Kier molecular flexibility index (Phi) is 6.01. The number of para-hydroxylation sites is 1. The summed E-state index contributed by atoms with van der Waals surface area (Å²) in [5.74, 6) is 1.04. The first kappa shape index (κ1) is 25.4. The van der Waals surface area contributed by atoms with E-state index in [1.165, 1.54) is 49.4 Å². The molecule has 0 N–H and O–H groups in total. The van der Waals surface area contributed by atoms with E-state index in [9.17, 15) is 0 Å². The molecule has 2 heterocycles. The molecule has 5 aromatic carbocycles. The standard InChI is InChI=1S/C41H30O2/c1-3-12-26(13-4-2)39-30-15-5-7-17-32(30)40(33-18-8-6-16-31(33)39)35-25-42-38-21-11-19-28(41(35)38)27-22-23-37-34(24-27)29-14-9-10-20-36(29)43-37/h3-10,12-20,22-25H,1,11,21H2,2H3/b13-4-,26-12+. The smallest absolute Gasteiger partial charge is 0.135 e. The highest BCUT2D eigenvalue weighted by Gasteiger charge is 2.26. The van der Waals surface area contributed by atoms with Gasteiger partial charge in [-0.1, -0.05) is 110 Å². The summed E-state index contributed by atoms with van der Waals surface area (Å²) >= 11 is 0. The zero-order valence-corrected chi connectivity index (χ0v) is 24.1. The second-order valence-electron chi connectivity index (χ2n) is 11.1. The van der Waals surface area contributed by atoms with E-state index < -0.39 is 0 Å². The summed E-state index contributed by atoms with van der Waals surface area (Å²) in [4.78, 5) is 0. The van der Waals surface area contributed by atoms with Gasteiger partial charge in [0.05, 0.1) is 6.26 Å². The zero-order valence-electron chi connectivity index (χ0n) is 24.1. The van der Waals surface area contributed by atoms with Gasteiger partial charge in [0.2, 0.25) is 0 Å². The number of aryl methyl sites for hydroxylation is 1. The Morgan fingerprint density at radius 3 is 2.14 bits per heavy atom. The maximum Gasteiger partial charge on any atom is 0.135 e. The van der Waals surface area contributed by atoms with Gasteiger partial charge >= 0.3 is 0 Å². The normalized spacial score (nSPS) is 13.8. The van der Waals surface area contributed by atoms with Gasteiger partial charge < -0.3 is 8.83 Å². The van der Waals surface area contributed by atoms with Gasteiger partial charge in [-0.2, -0.15) is 0 Å². The van der Waals surface area contributed by atoms with Gasteiger partial charge in [0.1, 0.15) is 16.9 Å². The van der Waals surface area contributed by atoms with Gasteiger partial charge in [0.25, 0.3) is 0 Å². The average molecular weight is 555 g/mol. The average Bonchev–Trinajstić information content (AvgIpc) is 3.65. The van der Waals surface area contributed by atoms with Crippen LogP contribution in [0.25, 0.3) is 65.8 Å². The van der Waals surface area contributed by atoms with E-state index in [2.05, 4.69) is 117 Å². The summed E-state index contributed by atoms with van der Waals surface area (Å²) in [7, 11) is 0. The molecule has 2 nitrogen and oxygen atoms in total. The molecule has 0 saturated carbocycles. The SMILES string of the molecule is C=C/C=C(\C=C/C)c1c2ccccc2c(-c2coc3c2C(c2ccc4oc5ccccc5c4c2)=CCC3)c2ccccc12. The van der Waals surface area contributed by atoms with Gasteiger partial charge in [-0.15, -0.1) is 0 Å². The van der Waals surface area contributed by atoms with Crippen LogP contribution in [0.1, 0.15) is 35.8 Å². The van der Waals surface area contributed by atoms with Crippen molar-refractivity contribution in [2.24, 2.45) is 0 Å². The first-order chi connectivity index (χ1) is 21.3. The van der Waals surface area contributed by atoms with Crippen molar-refractivity contribution in [2.75, 3.05) is 0 Å². The molecule has 0 atom stereocenters. The fourth-order valence-electron chi connectivity index (χ4n) is 6.93. The molecule has 0 amide bonds. The molecule has 0 unspecified atom stereocenters. The monoisotopic (exact) mass is 554 g/mol. The number of hydrogen-bond donors (Lipinski definition) is 0. The number of benzene rings is 5. The van der Waals surface area contributed by atoms with Crippen molar-refractivity contribution in [2.45, 2.75) is 19.8 Å². The highest BCUT2D eigenvalue weighted by molar-refractivity contribution is 6.20. The van der Waals surface area contributed by atoms with Crippen LogP contribution in [0.15, 0.2) is 143 Å². The van der Waals surface area contributed by atoms with Crippen molar-refractivity contribution in [1.82, 2.24) is 0 Å². The molecule has 1 aliphatic rings. The molecule has 206 valence electrons. The minimum absolute atomic E-state index is 0.886. The Morgan fingerprint density at radius 1 is 0.744 bits per heavy atom. The summed E-state index contributed by atoms with van der Waals surface area (Å²) in [6.07, 6.45) is 14.4. The number of furan rings is 2. The van der Waals surface area contributed by atoms with Crippen molar-refractivity contribution < 1.29 is 8.83 Å². The number of fused-ring (bicyclic) bond motifs is 6. The second-order valence-corrected chi connectivity index (χ2v) is 11.1. The predicted molar refractivity (Wildman–Crippen MR) is 181 cm³/mol. The first-order valence-electron chi connectivity index (χ1n) is 14.9. The molecule has 43 heavy (non-hydrogen) atoms. The van der Waals surface area contributed by atoms with Crippen LogP contribution in [0.2, 0.25) is 0 Å². The quantitative estimate of drug-likeness (QED) is 0.156. The van der Waals surface area contributed by atoms with Crippen molar-refractivity contribution in [1.29, 1.82) is 0 Å². The van der Waals surface area contributed by atoms with E-state index in [4.69, 9.17) is 8.83 Å². The Bertz CT molecular complexity index is 2260. The van der Waals surface area contributed by atoms with Crippen LogP contribution in [-0.2, 0) is 6.42 Å². The lowest BCUT2D eigenvalue weighted by Gasteiger charge is -2.20. The van der Waals surface area contributed by atoms with E-state index in [0.29, 0.717) is 0 Å². The Labute approximate surface area is 250 Å². The minimum atomic E-state index is 0.886. The molecular weight excluding hydrogens is 524 g/mol. The van der Waals surface area contributed by atoms with E-state index in [-0.39, 0.29) is 0 Å². The van der Waals surface area contributed by atoms with Crippen LogP contribution < -0.4 is 0 Å². The highest BCUT2D eigenvalue weighted by atomic mass is 16.3. The molecule has 0 aliphatic heterocycles.